The summed E-state index contributed by atoms with van der Waals surface area (Å²) >= 11 is 1.75. The molecule has 2 aromatic rings. The topological polar surface area (TPSA) is 9.23 Å². The van der Waals surface area contributed by atoms with Gasteiger partial charge in [-0.25, -0.2) is 0 Å². The van der Waals surface area contributed by atoms with E-state index in [1.54, 1.807) is 18.4 Å². The van der Waals surface area contributed by atoms with Crippen LogP contribution in [0.4, 0.5) is 0 Å². The molecule has 0 spiro atoms. The van der Waals surface area contributed by atoms with Gasteiger partial charge in [-0.05, 0) is 36.1 Å². The number of benzene rings is 1. The van der Waals surface area contributed by atoms with E-state index in [-0.39, 0.29) is 0 Å². The van der Waals surface area contributed by atoms with Crippen molar-refractivity contribution in [3.63, 3.8) is 0 Å². The molecule has 0 amide bonds. The first-order valence-corrected chi connectivity index (χ1v) is 5.38. The van der Waals surface area contributed by atoms with Gasteiger partial charge in [0.15, 0.2) is 0 Å². The molecule has 0 saturated carbocycles. The third-order valence-electron chi connectivity index (χ3n) is 2.10. The summed E-state index contributed by atoms with van der Waals surface area (Å²) < 4.78 is 5.32. The van der Waals surface area contributed by atoms with Gasteiger partial charge in [0.05, 0.1) is 7.11 Å². The number of hydrogen-bond acceptors (Lipinski definition) is 2. The predicted octanol–water partition coefficient (Wildman–Crippen LogP) is 3.73. The summed E-state index contributed by atoms with van der Waals surface area (Å²) in [5, 5.41) is 2.15. The molecule has 72 valence electrons. The zero-order chi connectivity index (χ0) is 9.97. The van der Waals surface area contributed by atoms with Crippen molar-refractivity contribution in [2.45, 2.75) is 6.92 Å². The Hall–Kier alpha value is -1.28. The van der Waals surface area contributed by atoms with Crippen LogP contribution < -0.4 is 4.74 Å². The van der Waals surface area contributed by atoms with Crippen molar-refractivity contribution in [3.8, 4) is 16.2 Å². The molecule has 0 N–H and O–H groups in total. The summed E-state index contributed by atoms with van der Waals surface area (Å²) in [7, 11) is 1.71. The Bertz CT molecular complexity index is 431. The van der Waals surface area contributed by atoms with Crippen molar-refractivity contribution in [1.29, 1.82) is 0 Å². The summed E-state index contributed by atoms with van der Waals surface area (Å²) in [5.41, 5.74) is 2.48. The quantitative estimate of drug-likeness (QED) is 0.724. The van der Waals surface area contributed by atoms with E-state index in [0.29, 0.717) is 0 Å². The molecule has 1 aromatic heterocycles. The Kier molecular flexibility index (Phi) is 2.55. The van der Waals surface area contributed by atoms with Gasteiger partial charge in [0.2, 0.25) is 0 Å². The first-order valence-electron chi connectivity index (χ1n) is 4.50. The molecule has 2 rings (SSSR count). The van der Waals surface area contributed by atoms with E-state index in [0.717, 1.165) is 5.75 Å². The molecule has 14 heavy (non-hydrogen) atoms. The smallest absolute Gasteiger partial charge is 0.127 e. The highest BCUT2D eigenvalue weighted by atomic mass is 32.1. The van der Waals surface area contributed by atoms with Crippen molar-refractivity contribution < 1.29 is 4.74 Å². The third-order valence-corrected chi connectivity index (χ3v) is 3.18. The van der Waals surface area contributed by atoms with Crippen molar-refractivity contribution in [2.24, 2.45) is 0 Å². The van der Waals surface area contributed by atoms with Crippen LogP contribution in [0.15, 0.2) is 35.7 Å². The molecule has 0 aliphatic rings. The van der Waals surface area contributed by atoms with Crippen molar-refractivity contribution >= 4 is 11.3 Å². The average molecular weight is 204 g/mol. The summed E-state index contributed by atoms with van der Waals surface area (Å²) in [4.78, 5) is 1.26. The minimum absolute atomic E-state index is 0.939. The van der Waals surface area contributed by atoms with Crippen LogP contribution in [0.3, 0.4) is 0 Å². The minimum Gasteiger partial charge on any atom is -0.496 e. The molecule has 0 saturated heterocycles. The number of methoxy groups -OCH3 is 1. The Morgan fingerprint density at radius 1 is 1.21 bits per heavy atom. The number of para-hydroxylation sites is 1. The fraction of sp³-hybridized carbons (Fsp3) is 0.167. The van der Waals surface area contributed by atoms with Crippen molar-refractivity contribution in [2.75, 3.05) is 7.11 Å². The Balaban J connectivity index is 2.50. The van der Waals surface area contributed by atoms with E-state index < -0.39 is 0 Å². The van der Waals surface area contributed by atoms with Crippen LogP contribution >= 0.6 is 11.3 Å². The number of rotatable bonds is 2. The second-order valence-corrected chi connectivity index (χ2v) is 4.10. The van der Waals surface area contributed by atoms with Gasteiger partial charge < -0.3 is 4.74 Å². The van der Waals surface area contributed by atoms with Gasteiger partial charge in [-0.2, -0.15) is 0 Å². The van der Waals surface area contributed by atoms with Gasteiger partial charge in [0.1, 0.15) is 5.75 Å². The van der Waals surface area contributed by atoms with Crippen LogP contribution in [-0.4, -0.2) is 7.11 Å². The minimum atomic E-state index is 0.939. The molecule has 0 fully saturated rings. The van der Waals surface area contributed by atoms with Gasteiger partial charge in [0.25, 0.3) is 0 Å². The van der Waals surface area contributed by atoms with Gasteiger partial charge in [0, 0.05) is 10.4 Å². The first-order chi connectivity index (χ1) is 6.81. The van der Waals surface area contributed by atoms with E-state index in [9.17, 15) is 0 Å². The molecule has 0 unspecified atom stereocenters. The lowest BCUT2D eigenvalue weighted by Gasteiger charge is -2.05. The van der Waals surface area contributed by atoms with Gasteiger partial charge in [-0.1, -0.05) is 12.1 Å². The molecular formula is C12H12OS. The maximum atomic E-state index is 5.32. The van der Waals surface area contributed by atoms with E-state index >= 15 is 0 Å². The Morgan fingerprint density at radius 3 is 2.64 bits per heavy atom. The van der Waals surface area contributed by atoms with Crippen LogP contribution in [0.5, 0.6) is 5.75 Å². The highest BCUT2D eigenvalue weighted by Crippen LogP contribution is 2.33. The largest absolute Gasteiger partial charge is 0.496 e. The van der Waals surface area contributed by atoms with Crippen molar-refractivity contribution in [3.05, 3.63) is 41.3 Å². The fourth-order valence-electron chi connectivity index (χ4n) is 1.42. The summed E-state index contributed by atoms with van der Waals surface area (Å²) in [6, 6.07) is 10.3. The highest BCUT2D eigenvalue weighted by Gasteiger charge is 2.05. The molecule has 1 nitrogen and oxygen atoms in total. The lowest BCUT2D eigenvalue weighted by atomic mass is 10.1. The van der Waals surface area contributed by atoms with Crippen molar-refractivity contribution in [1.82, 2.24) is 0 Å². The van der Waals surface area contributed by atoms with E-state index in [2.05, 4.69) is 24.4 Å². The maximum absolute atomic E-state index is 5.32. The zero-order valence-electron chi connectivity index (χ0n) is 8.28. The van der Waals surface area contributed by atoms with Crippen LogP contribution in [0.1, 0.15) is 5.56 Å². The number of thiophene rings is 1. The maximum Gasteiger partial charge on any atom is 0.127 e. The summed E-state index contributed by atoms with van der Waals surface area (Å²) in [6.07, 6.45) is 0. The standard InChI is InChI=1S/C12H12OS/c1-9-7-12(14-8-9)10-5-3-4-6-11(10)13-2/h3-8H,1-2H3. The Morgan fingerprint density at radius 2 is 2.00 bits per heavy atom. The van der Waals surface area contributed by atoms with Gasteiger partial charge in [-0.3, -0.25) is 0 Å². The SMILES string of the molecule is COc1ccccc1-c1cc(C)cs1. The monoisotopic (exact) mass is 204 g/mol. The van der Waals surface area contributed by atoms with Crippen LogP contribution in [0.25, 0.3) is 10.4 Å². The van der Waals surface area contributed by atoms with E-state index in [4.69, 9.17) is 4.74 Å². The molecule has 1 aromatic carbocycles. The average Bonchev–Trinajstić information content (AvgIpc) is 2.65. The molecule has 0 atom stereocenters. The zero-order valence-corrected chi connectivity index (χ0v) is 9.10. The number of hydrogen-bond donors (Lipinski definition) is 0. The van der Waals surface area contributed by atoms with E-state index in [1.165, 1.54) is 16.0 Å². The predicted molar refractivity (Wildman–Crippen MR) is 61.0 cm³/mol. The molecular weight excluding hydrogens is 192 g/mol. The lowest BCUT2D eigenvalue weighted by molar-refractivity contribution is 0.416. The fourth-order valence-corrected chi connectivity index (χ4v) is 2.35. The third kappa shape index (κ3) is 1.66. The number of ether oxygens (including phenoxy) is 1. The van der Waals surface area contributed by atoms with E-state index in [1.807, 2.05) is 18.2 Å². The molecule has 1 heterocycles. The number of aryl methyl sites for hydroxylation is 1. The molecule has 2 heteroatoms. The van der Waals surface area contributed by atoms with Gasteiger partial charge >= 0.3 is 0 Å². The first kappa shape index (κ1) is 9.28. The molecule has 0 aliphatic heterocycles. The van der Waals surface area contributed by atoms with Crippen LogP contribution in [-0.2, 0) is 0 Å². The van der Waals surface area contributed by atoms with Crippen LogP contribution in [0, 0.1) is 6.92 Å². The second-order valence-electron chi connectivity index (χ2n) is 3.19. The molecule has 0 radical (unpaired) electrons. The molecule has 0 aliphatic carbocycles. The Labute approximate surface area is 88.0 Å². The summed E-state index contributed by atoms with van der Waals surface area (Å²) in [6.45, 7) is 2.11. The van der Waals surface area contributed by atoms with Crippen LogP contribution in [0.2, 0.25) is 0 Å². The van der Waals surface area contributed by atoms with Gasteiger partial charge in [-0.15, -0.1) is 11.3 Å². The lowest BCUT2D eigenvalue weighted by Crippen LogP contribution is -1.84. The highest BCUT2D eigenvalue weighted by molar-refractivity contribution is 7.13. The second kappa shape index (κ2) is 3.84. The normalized spacial score (nSPS) is 10.1. The molecule has 0 bridgehead atoms. The summed E-state index contributed by atoms with van der Waals surface area (Å²) in [5.74, 6) is 0.939.